The van der Waals surface area contributed by atoms with Crippen LogP contribution < -0.4 is 16.4 Å². The standard InChI is InChI=1S/C21H23N3O5/c1-12-5-4-6-16(11-12)20(27)23-13(2)21(28)29-14(3)19(26)24-17-9-7-15(8-10-17)18(22)25/h4-11,13-14H,1-3H3,(H2,22,25)(H,23,27)(H,24,26)/t13-,14-/m1/s1. The van der Waals surface area contributed by atoms with Crippen molar-refractivity contribution in [3.05, 3.63) is 65.2 Å². The molecule has 152 valence electrons. The summed E-state index contributed by atoms with van der Waals surface area (Å²) in [6.07, 6.45) is -1.09. The van der Waals surface area contributed by atoms with Crippen LogP contribution in [0.3, 0.4) is 0 Å². The van der Waals surface area contributed by atoms with Crippen LogP contribution in [0.1, 0.15) is 40.1 Å². The molecule has 2 aromatic carbocycles. The number of ether oxygens (including phenoxy) is 1. The molecule has 0 aliphatic heterocycles. The van der Waals surface area contributed by atoms with E-state index < -0.39 is 35.8 Å². The van der Waals surface area contributed by atoms with Gasteiger partial charge in [-0.3, -0.25) is 14.4 Å². The van der Waals surface area contributed by atoms with Crippen molar-refractivity contribution in [3.63, 3.8) is 0 Å². The number of nitrogens with two attached hydrogens (primary N) is 1. The minimum Gasteiger partial charge on any atom is -0.451 e. The van der Waals surface area contributed by atoms with E-state index in [4.69, 9.17) is 10.5 Å². The molecular formula is C21H23N3O5. The number of primary amides is 1. The zero-order chi connectivity index (χ0) is 21.6. The number of amides is 3. The van der Waals surface area contributed by atoms with Gasteiger partial charge in [0.2, 0.25) is 5.91 Å². The topological polar surface area (TPSA) is 128 Å². The number of benzene rings is 2. The maximum atomic E-state index is 12.2. The van der Waals surface area contributed by atoms with E-state index in [9.17, 15) is 19.2 Å². The Balaban J connectivity index is 1.88. The molecule has 0 spiro atoms. The fourth-order valence-corrected chi connectivity index (χ4v) is 2.42. The van der Waals surface area contributed by atoms with Gasteiger partial charge in [0.25, 0.3) is 11.8 Å². The Labute approximate surface area is 168 Å². The summed E-state index contributed by atoms with van der Waals surface area (Å²) in [6.45, 7) is 4.75. The minimum absolute atomic E-state index is 0.306. The normalized spacial score (nSPS) is 12.4. The maximum Gasteiger partial charge on any atom is 0.329 e. The van der Waals surface area contributed by atoms with Gasteiger partial charge in [0, 0.05) is 16.8 Å². The van der Waals surface area contributed by atoms with Gasteiger partial charge < -0.3 is 21.1 Å². The number of aryl methyl sites for hydroxylation is 1. The van der Waals surface area contributed by atoms with Crippen LogP contribution in [0.2, 0.25) is 0 Å². The molecule has 0 aliphatic rings. The molecule has 29 heavy (non-hydrogen) atoms. The fraction of sp³-hybridized carbons (Fsp3) is 0.238. The average Bonchev–Trinajstić information content (AvgIpc) is 2.68. The van der Waals surface area contributed by atoms with Crippen molar-refractivity contribution in [2.24, 2.45) is 5.73 Å². The quantitative estimate of drug-likeness (QED) is 0.614. The summed E-state index contributed by atoms with van der Waals surface area (Å²) in [5.74, 6) is -2.28. The van der Waals surface area contributed by atoms with Crippen LogP contribution in [-0.4, -0.2) is 35.8 Å². The summed E-state index contributed by atoms with van der Waals surface area (Å²) >= 11 is 0. The number of esters is 1. The molecule has 2 atom stereocenters. The van der Waals surface area contributed by atoms with E-state index in [1.54, 1.807) is 18.2 Å². The van der Waals surface area contributed by atoms with Crippen LogP contribution >= 0.6 is 0 Å². The lowest BCUT2D eigenvalue weighted by Gasteiger charge is -2.17. The van der Waals surface area contributed by atoms with Crippen molar-refractivity contribution in [3.8, 4) is 0 Å². The van der Waals surface area contributed by atoms with Crippen LogP contribution in [0.4, 0.5) is 5.69 Å². The molecule has 8 nitrogen and oxygen atoms in total. The zero-order valence-corrected chi connectivity index (χ0v) is 16.4. The molecule has 2 aromatic rings. The highest BCUT2D eigenvalue weighted by molar-refractivity contribution is 5.98. The van der Waals surface area contributed by atoms with E-state index in [0.29, 0.717) is 16.8 Å². The number of rotatable bonds is 7. The van der Waals surface area contributed by atoms with E-state index in [1.165, 1.54) is 38.1 Å². The Morgan fingerprint density at radius 1 is 0.966 bits per heavy atom. The second kappa shape index (κ2) is 9.50. The highest BCUT2D eigenvalue weighted by atomic mass is 16.5. The third kappa shape index (κ3) is 6.17. The first-order valence-corrected chi connectivity index (χ1v) is 8.96. The molecule has 0 fully saturated rings. The van der Waals surface area contributed by atoms with Crippen LogP contribution in [0.5, 0.6) is 0 Å². The number of anilines is 1. The smallest absolute Gasteiger partial charge is 0.329 e. The summed E-state index contributed by atoms with van der Waals surface area (Å²) in [6, 6.07) is 12.0. The summed E-state index contributed by atoms with van der Waals surface area (Å²) in [7, 11) is 0. The van der Waals surface area contributed by atoms with E-state index in [2.05, 4.69) is 10.6 Å². The molecule has 2 rings (SSSR count). The predicted octanol–water partition coefficient (Wildman–Crippen LogP) is 1.78. The van der Waals surface area contributed by atoms with Gasteiger partial charge in [-0.2, -0.15) is 0 Å². The highest BCUT2D eigenvalue weighted by Gasteiger charge is 2.23. The summed E-state index contributed by atoms with van der Waals surface area (Å²) in [5, 5.41) is 5.11. The van der Waals surface area contributed by atoms with Gasteiger partial charge in [0.15, 0.2) is 6.10 Å². The van der Waals surface area contributed by atoms with Gasteiger partial charge in [-0.05, 0) is 57.2 Å². The van der Waals surface area contributed by atoms with Gasteiger partial charge in [-0.25, -0.2) is 4.79 Å². The van der Waals surface area contributed by atoms with Crippen molar-refractivity contribution < 1.29 is 23.9 Å². The number of hydrogen-bond acceptors (Lipinski definition) is 5. The van der Waals surface area contributed by atoms with Crippen LogP contribution in [-0.2, 0) is 14.3 Å². The monoisotopic (exact) mass is 397 g/mol. The largest absolute Gasteiger partial charge is 0.451 e. The minimum atomic E-state index is -1.09. The SMILES string of the molecule is Cc1cccc(C(=O)N[C@H](C)C(=O)O[C@H](C)C(=O)Nc2ccc(C(N)=O)cc2)c1. The first-order valence-electron chi connectivity index (χ1n) is 8.96. The summed E-state index contributed by atoms with van der Waals surface area (Å²) in [4.78, 5) is 47.7. The van der Waals surface area contributed by atoms with E-state index in [0.717, 1.165) is 5.56 Å². The average molecular weight is 397 g/mol. The van der Waals surface area contributed by atoms with Crippen molar-refractivity contribution in [2.45, 2.75) is 32.9 Å². The Morgan fingerprint density at radius 2 is 1.62 bits per heavy atom. The second-order valence-electron chi connectivity index (χ2n) is 6.57. The van der Waals surface area contributed by atoms with E-state index >= 15 is 0 Å². The fourth-order valence-electron chi connectivity index (χ4n) is 2.42. The summed E-state index contributed by atoms with van der Waals surface area (Å²) < 4.78 is 5.13. The number of carbonyl (C=O) groups is 4. The van der Waals surface area contributed by atoms with E-state index in [-0.39, 0.29) is 0 Å². The van der Waals surface area contributed by atoms with Gasteiger partial charge in [-0.1, -0.05) is 17.7 Å². The van der Waals surface area contributed by atoms with Crippen LogP contribution in [0.25, 0.3) is 0 Å². The van der Waals surface area contributed by atoms with Crippen molar-refractivity contribution in [2.75, 3.05) is 5.32 Å². The molecule has 0 aliphatic carbocycles. The van der Waals surface area contributed by atoms with Crippen molar-refractivity contribution in [1.29, 1.82) is 0 Å². The maximum absolute atomic E-state index is 12.2. The van der Waals surface area contributed by atoms with Gasteiger partial charge in [0.05, 0.1) is 0 Å². The van der Waals surface area contributed by atoms with Gasteiger partial charge in [0.1, 0.15) is 6.04 Å². The highest BCUT2D eigenvalue weighted by Crippen LogP contribution is 2.11. The molecule has 0 aromatic heterocycles. The lowest BCUT2D eigenvalue weighted by atomic mass is 10.1. The first kappa shape index (κ1) is 21.6. The zero-order valence-electron chi connectivity index (χ0n) is 16.4. The second-order valence-corrected chi connectivity index (χ2v) is 6.57. The van der Waals surface area contributed by atoms with Gasteiger partial charge >= 0.3 is 5.97 Å². The number of carbonyl (C=O) groups excluding carboxylic acids is 4. The molecule has 3 amide bonds. The number of nitrogens with one attached hydrogen (secondary N) is 2. The van der Waals surface area contributed by atoms with E-state index in [1.807, 2.05) is 13.0 Å². The molecule has 0 unspecified atom stereocenters. The van der Waals surface area contributed by atoms with Gasteiger partial charge in [-0.15, -0.1) is 0 Å². The Hall–Kier alpha value is -3.68. The molecule has 0 saturated heterocycles. The lowest BCUT2D eigenvalue weighted by molar-refractivity contribution is -0.154. The molecule has 0 bridgehead atoms. The molecular weight excluding hydrogens is 374 g/mol. The Bertz CT molecular complexity index is 924. The Kier molecular flexibility index (Phi) is 7.08. The van der Waals surface area contributed by atoms with Crippen LogP contribution in [0, 0.1) is 6.92 Å². The first-order chi connectivity index (χ1) is 13.7. The predicted molar refractivity (Wildman–Crippen MR) is 107 cm³/mol. The molecule has 8 heteroatoms. The Morgan fingerprint density at radius 3 is 2.21 bits per heavy atom. The molecule has 0 radical (unpaired) electrons. The van der Waals surface area contributed by atoms with Crippen LogP contribution in [0.15, 0.2) is 48.5 Å². The third-order valence-electron chi connectivity index (χ3n) is 4.08. The summed E-state index contributed by atoms with van der Waals surface area (Å²) in [5.41, 5.74) is 7.23. The lowest BCUT2D eigenvalue weighted by Crippen LogP contribution is -2.42. The molecule has 0 heterocycles. The number of hydrogen-bond donors (Lipinski definition) is 3. The van der Waals surface area contributed by atoms with Crippen molar-refractivity contribution >= 4 is 29.4 Å². The molecule has 0 saturated carbocycles. The molecule has 4 N–H and O–H groups in total. The third-order valence-corrected chi connectivity index (χ3v) is 4.08. The van der Waals surface area contributed by atoms with Crippen molar-refractivity contribution in [1.82, 2.24) is 5.32 Å².